The summed E-state index contributed by atoms with van der Waals surface area (Å²) in [5, 5.41) is 0. The lowest BCUT2D eigenvalue weighted by molar-refractivity contribution is 0.210. The Morgan fingerprint density at radius 3 is 2.06 bits per heavy atom. The molecule has 0 aromatic rings. The van der Waals surface area contributed by atoms with Gasteiger partial charge in [0.25, 0.3) is 0 Å². The fourth-order valence-electron chi connectivity index (χ4n) is 1.53. The third-order valence-corrected chi connectivity index (χ3v) is 4.68. The molecule has 0 spiro atoms. The van der Waals surface area contributed by atoms with Crippen LogP contribution in [0.5, 0.6) is 0 Å². The second-order valence-electron chi connectivity index (χ2n) is 3.79. The number of nitrogens with two attached hydrogens (primary N) is 1. The van der Waals surface area contributed by atoms with E-state index >= 15 is 0 Å². The van der Waals surface area contributed by atoms with Gasteiger partial charge in [-0.2, -0.15) is 0 Å². The van der Waals surface area contributed by atoms with E-state index in [1.165, 1.54) is 12.8 Å². The Bertz CT molecular complexity index is 201. The minimum atomic E-state index is -3.08. The summed E-state index contributed by atoms with van der Waals surface area (Å²) in [6.07, 6.45) is 5.20. The minimum Gasteiger partial charge on any atom is -0.318 e. The van der Waals surface area contributed by atoms with E-state index in [-0.39, 0.29) is 0 Å². The van der Waals surface area contributed by atoms with Gasteiger partial charge in [-0.05, 0) is 20.3 Å². The molecule has 2 N–H and O–H groups in total. The van der Waals surface area contributed by atoms with E-state index in [9.17, 15) is 4.57 Å². The third kappa shape index (κ3) is 6.00. The smallest absolute Gasteiger partial charge is 0.318 e. The average molecular weight is 251 g/mol. The van der Waals surface area contributed by atoms with E-state index in [4.69, 9.17) is 14.8 Å². The topological polar surface area (TPSA) is 61.6 Å². The Kier molecular flexibility index (Phi) is 9.24. The zero-order chi connectivity index (χ0) is 12.4. The van der Waals surface area contributed by atoms with Crippen molar-refractivity contribution in [3.05, 3.63) is 0 Å². The van der Waals surface area contributed by atoms with Gasteiger partial charge in [-0.1, -0.05) is 32.6 Å². The Balaban J connectivity index is 4.06. The average Bonchev–Trinajstić information content (AvgIpc) is 2.24. The SMILES string of the molecule is CCCCCCC(N)P(=O)(OCC)OCC. The molecule has 0 aromatic carbocycles. The second kappa shape index (κ2) is 9.17. The molecule has 0 saturated heterocycles. The van der Waals surface area contributed by atoms with Crippen molar-refractivity contribution in [2.45, 2.75) is 58.7 Å². The summed E-state index contributed by atoms with van der Waals surface area (Å²) >= 11 is 0. The highest BCUT2D eigenvalue weighted by atomic mass is 31.2. The first kappa shape index (κ1) is 16.1. The highest BCUT2D eigenvalue weighted by Gasteiger charge is 2.31. The number of hydrogen-bond acceptors (Lipinski definition) is 4. The maximum Gasteiger partial charge on any atom is 0.347 e. The first-order chi connectivity index (χ1) is 7.60. The molecule has 98 valence electrons. The van der Waals surface area contributed by atoms with Crippen LogP contribution < -0.4 is 5.73 Å². The van der Waals surface area contributed by atoms with Crippen LogP contribution in [0, 0.1) is 0 Å². The van der Waals surface area contributed by atoms with E-state index < -0.39 is 13.4 Å². The quantitative estimate of drug-likeness (QED) is 0.476. The van der Waals surface area contributed by atoms with Crippen molar-refractivity contribution < 1.29 is 13.6 Å². The first-order valence-corrected chi connectivity index (χ1v) is 7.86. The summed E-state index contributed by atoms with van der Waals surface area (Å²) < 4.78 is 22.6. The second-order valence-corrected chi connectivity index (χ2v) is 6.05. The summed E-state index contributed by atoms with van der Waals surface area (Å²) in [7, 11) is -3.08. The van der Waals surface area contributed by atoms with E-state index in [0.29, 0.717) is 19.6 Å². The van der Waals surface area contributed by atoms with Crippen LogP contribution in [-0.2, 0) is 13.6 Å². The zero-order valence-electron chi connectivity index (χ0n) is 10.8. The molecule has 0 aliphatic rings. The molecule has 0 fully saturated rings. The lowest BCUT2D eigenvalue weighted by atomic mass is 10.1. The molecule has 0 aliphatic heterocycles. The van der Waals surface area contributed by atoms with Gasteiger partial charge in [0, 0.05) is 0 Å². The van der Waals surface area contributed by atoms with Gasteiger partial charge in [0.15, 0.2) is 0 Å². The normalized spacial score (nSPS) is 14.0. The van der Waals surface area contributed by atoms with Crippen molar-refractivity contribution in [3.63, 3.8) is 0 Å². The molecule has 0 saturated carbocycles. The van der Waals surface area contributed by atoms with Gasteiger partial charge in [0.1, 0.15) is 5.78 Å². The Hall–Kier alpha value is 0.110. The number of unbranched alkanes of at least 4 members (excludes halogenated alkanes) is 3. The molecule has 0 rings (SSSR count). The van der Waals surface area contributed by atoms with Gasteiger partial charge in [-0.15, -0.1) is 0 Å². The molecule has 16 heavy (non-hydrogen) atoms. The molecule has 1 unspecified atom stereocenters. The van der Waals surface area contributed by atoms with Crippen LogP contribution in [0.15, 0.2) is 0 Å². The van der Waals surface area contributed by atoms with Gasteiger partial charge < -0.3 is 14.8 Å². The molecule has 0 aromatic heterocycles. The minimum absolute atomic E-state index is 0.375. The summed E-state index contributed by atoms with van der Waals surface area (Å²) in [6, 6.07) is 0. The van der Waals surface area contributed by atoms with Gasteiger partial charge in [0.05, 0.1) is 13.2 Å². The van der Waals surface area contributed by atoms with Crippen molar-refractivity contribution in [1.29, 1.82) is 0 Å². The van der Waals surface area contributed by atoms with Crippen molar-refractivity contribution in [2.24, 2.45) is 5.73 Å². The molecule has 0 heterocycles. The van der Waals surface area contributed by atoms with Crippen LogP contribution in [0.1, 0.15) is 52.9 Å². The van der Waals surface area contributed by atoms with Crippen LogP contribution in [0.25, 0.3) is 0 Å². The highest BCUT2D eigenvalue weighted by molar-refractivity contribution is 7.54. The number of hydrogen-bond donors (Lipinski definition) is 1. The standard InChI is InChI=1S/C11H26NO3P/c1-4-7-8-9-10-11(12)16(13,14-5-2)15-6-3/h11H,4-10,12H2,1-3H3. The lowest BCUT2D eigenvalue weighted by Crippen LogP contribution is -2.23. The zero-order valence-corrected chi connectivity index (χ0v) is 11.7. The van der Waals surface area contributed by atoms with Crippen molar-refractivity contribution in [2.75, 3.05) is 13.2 Å². The van der Waals surface area contributed by atoms with Gasteiger partial charge in [-0.3, -0.25) is 4.57 Å². The van der Waals surface area contributed by atoms with E-state index in [1.54, 1.807) is 13.8 Å². The van der Waals surface area contributed by atoms with E-state index in [1.807, 2.05) is 0 Å². The molecular formula is C11H26NO3P. The molecule has 0 radical (unpaired) electrons. The fraction of sp³-hybridized carbons (Fsp3) is 1.00. The predicted octanol–water partition coefficient (Wildman–Crippen LogP) is 3.51. The van der Waals surface area contributed by atoms with Crippen molar-refractivity contribution in [1.82, 2.24) is 0 Å². The van der Waals surface area contributed by atoms with Crippen LogP contribution in [0.2, 0.25) is 0 Å². The molecule has 0 aliphatic carbocycles. The van der Waals surface area contributed by atoms with Crippen LogP contribution in [0.4, 0.5) is 0 Å². The largest absolute Gasteiger partial charge is 0.347 e. The summed E-state index contributed by atoms with van der Waals surface area (Å²) in [5.74, 6) is -0.482. The fourth-order valence-corrected chi connectivity index (χ4v) is 3.20. The molecule has 4 nitrogen and oxygen atoms in total. The van der Waals surface area contributed by atoms with Gasteiger partial charge in [-0.25, -0.2) is 0 Å². The monoisotopic (exact) mass is 251 g/mol. The Labute approximate surface area is 99.4 Å². The van der Waals surface area contributed by atoms with Crippen LogP contribution in [0.3, 0.4) is 0 Å². The molecule has 1 atom stereocenters. The maximum absolute atomic E-state index is 12.2. The van der Waals surface area contributed by atoms with Gasteiger partial charge >= 0.3 is 7.60 Å². The predicted molar refractivity (Wildman–Crippen MR) is 67.6 cm³/mol. The summed E-state index contributed by atoms with van der Waals surface area (Å²) in [5.41, 5.74) is 5.89. The third-order valence-electron chi connectivity index (χ3n) is 2.38. The van der Waals surface area contributed by atoms with Crippen molar-refractivity contribution in [3.8, 4) is 0 Å². The molecular weight excluding hydrogens is 225 g/mol. The van der Waals surface area contributed by atoms with E-state index in [2.05, 4.69) is 6.92 Å². The Morgan fingerprint density at radius 2 is 1.62 bits per heavy atom. The summed E-state index contributed by atoms with van der Waals surface area (Å²) in [6.45, 7) is 6.51. The Morgan fingerprint density at radius 1 is 1.06 bits per heavy atom. The lowest BCUT2D eigenvalue weighted by Gasteiger charge is -2.23. The van der Waals surface area contributed by atoms with Gasteiger partial charge in [0.2, 0.25) is 0 Å². The maximum atomic E-state index is 12.2. The van der Waals surface area contributed by atoms with E-state index in [0.717, 1.165) is 12.8 Å². The number of rotatable bonds is 10. The van der Waals surface area contributed by atoms with Crippen molar-refractivity contribution >= 4 is 7.60 Å². The molecule has 0 bridgehead atoms. The van der Waals surface area contributed by atoms with Crippen LogP contribution in [-0.4, -0.2) is 19.0 Å². The highest BCUT2D eigenvalue weighted by Crippen LogP contribution is 2.52. The summed E-state index contributed by atoms with van der Waals surface area (Å²) in [4.78, 5) is 0. The van der Waals surface area contributed by atoms with Crippen LogP contribution >= 0.6 is 7.60 Å². The molecule has 0 amide bonds. The first-order valence-electron chi connectivity index (χ1n) is 6.25. The molecule has 5 heteroatoms.